The summed E-state index contributed by atoms with van der Waals surface area (Å²) in [6, 6.07) is 17.2. The number of carbonyl (C=O) groups is 3. The number of nitrogens with one attached hydrogen (secondary N) is 3. The minimum Gasteiger partial charge on any atom is -0.497 e. The molecule has 0 bridgehead atoms. The Morgan fingerprint density at radius 3 is 2.07 bits per heavy atom. The molecule has 0 aliphatic heterocycles. The van der Waals surface area contributed by atoms with E-state index in [1.165, 1.54) is 0 Å². The Morgan fingerprint density at radius 2 is 1.45 bits per heavy atom. The van der Waals surface area contributed by atoms with Gasteiger partial charge in [0, 0.05) is 44.2 Å². The molecule has 4 rings (SSSR count). The van der Waals surface area contributed by atoms with E-state index in [2.05, 4.69) is 25.8 Å². The first kappa shape index (κ1) is 31.6. The molecule has 0 saturated heterocycles. The van der Waals surface area contributed by atoms with Gasteiger partial charge in [0.15, 0.2) is 0 Å². The van der Waals surface area contributed by atoms with Gasteiger partial charge in [0.1, 0.15) is 23.0 Å². The number of hydrogen-bond donors (Lipinski definition) is 4. The zero-order valence-corrected chi connectivity index (χ0v) is 25.5. The number of aromatic nitrogens is 2. The third-order valence-electron chi connectivity index (χ3n) is 6.80. The van der Waals surface area contributed by atoms with Crippen LogP contribution in [-0.4, -0.2) is 71.9 Å². The highest BCUT2D eigenvalue weighted by atomic mass is 16.5. The Bertz CT molecular complexity index is 1670. The number of aliphatic imine (C=N–C) groups is 1. The molecule has 0 saturated carbocycles. The summed E-state index contributed by atoms with van der Waals surface area (Å²) in [7, 11) is 9.00. The SMILES string of the molecule is COc1cccc(C(N)=Nc2ccc(C(=O)Nc3cc(C(=O)Nc4cc(C(=O)NCCCN(C)C)n(C)c4)n(C)c3)cc2)c1. The van der Waals surface area contributed by atoms with E-state index in [0.717, 1.165) is 18.5 Å². The average Bonchev–Trinajstić information content (AvgIpc) is 3.56. The van der Waals surface area contributed by atoms with Gasteiger partial charge in [-0.2, -0.15) is 0 Å². The highest BCUT2D eigenvalue weighted by molar-refractivity contribution is 6.07. The number of methoxy groups -OCH3 is 1. The van der Waals surface area contributed by atoms with Gasteiger partial charge in [0.05, 0.1) is 24.2 Å². The number of anilines is 2. The Labute approximate surface area is 256 Å². The van der Waals surface area contributed by atoms with Gasteiger partial charge in [-0.1, -0.05) is 12.1 Å². The second-order valence-corrected chi connectivity index (χ2v) is 10.5. The molecule has 3 amide bonds. The second-order valence-electron chi connectivity index (χ2n) is 10.5. The fourth-order valence-corrected chi connectivity index (χ4v) is 4.48. The number of ether oxygens (including phenoxy) is 1. The first-order valence-electron chi connectivity index (χ1n) is 14.0. The molecule has 2 aromatic carbocycles. The highest BCUT2D eigenvalue weighted by Crippen LogP contribution is 2.20. The minimum atomic E-state index is -0.382. The number of amides is 3. The van der Waals surface area contributed by atoms with Gasteiger partial charge in [-0.25, -0.2) is 4.99 Å². The maximum atomic E-state index is 13.0. The van der Waals surface area contributed by atoms with Crippen LogP contribution in [-0.2, 0) is 14.1 Å². The zero-order chi connectivity index (χ0) is 31.8. The molecule has 0 aliphatic rings. The third kappa shape index (κ3) is 8.13. The van der Waals surface area contributed by atoms with Gasteiger partial charge in [0.25, 0.3) is 17.7 Å². The van der Waals surface area contributed by atoms with Crippen LogP contribution in [0.4, 0.5) is 17.1 Å². The number of nitrogens with zero attached hydrogens (tertiary/aromatic N) is 4. The van der Waals surface area contributed by atoms with Gasteiger partial charge in [-0.15, -0.1) is 0 Å². The van der Waals surface area contributed by atoms with Crippen molar-refractivity contribution in [3.63, 3.8) is 0 Å². The predicted octanol–water partition coefficient (Wildman–Crippen LogP) is 3.60. The van der Waals surface area contributed by atoms with Crippen LogP contribution in [0.1, 0.15) is 43.3 Å². The van der Waals surface area contributed by atoms with Crippen molar-refractivity contribution in [2.45, 2.75) is 6.42 Å². The van der Waals surface area contributed by atoms with Gasteiger partial charge < -0.3 is 40.5 Å². The summed E-state index contributed by atoms with van der Waals surface area (Å²) in [6.45, 7) is 1.43. The smallest absolute Gasteiger partial charge is 0.272 e. The van der Waals surface area contributed by atoms with Crippen LogP contribution < -0.4 is 26.4 Å². The molecule has 12 nitrogen and oxygen atoms in total. The maximum Gasteiger partial charge on any atom is 0.272 e. The molecule has 230 valence electrons. The number of nitrogens with two attached hydrogens (primary N) is 1. The van der Waals surface area contributed by atoms with Crippen LogP contribution in [0.3, 0.4) is 0 Å². The van der Waals surface area contributed by atoms with E-state index in [4.69, 9.17) is 10.5 Å². The van der Waals surface area contributed by atoms with Crippen molar-refractivity contribution in [3.05, 3.63) is 95.6 Å². The van der Waals surface area contributed by atoms with Crippen LogP contribution in [0.5, 0.6) is 5.75 Å². The lowest BCUT2D eigenvalue weighted by Crippen LogP contribution is -2.28. The molecular formula is C32H38N8O4. The second kappa shape index (κ2) is 14.2. The quantitative estimate of drug-likeness (QED) is 0.111. The van der Waals surface area contributed by atoms with E-state index in [1.54, 1.807) is 85.2 Å². The summed E-state index contributed by atoms with van der Waals surface area (Å²) in [6.07, 6.45) is 4.16. The van der Waals surface area contributed by atoms with Gasteiger partial charge in [0.2, 0.25) is 0 Å². The Hall–Kier alpha value is -5.36. The van der Waals surface area contributed by atoms with Crippen molar-refractivity contribution in [2.24, 2.45) is 24.8 Å². The monoisotopic (exact) mass is 598 g/mol. The summed E-state index contributed by atoms with van der Waals surface area (Å²) < 4.78 is 8.51. The molecule has 0 aliphatic carbocycles. The topological polar surface area (TPSA) is 148 Å². The summed E-state index contributed by atoms with van der Waals surface area (Å²) in [5.74, 6) is 0.0580. The zero-order valence-electron chi connectivity index (χ0n) is 25.5. The van der Waals surface area contributed by atoms with Crippen LogP contribution in [0.15, 0.2) is 78.0 Å². The number of benzene rings is 2. The number of rotatable bonds is 12. The maximum absolute atomic E-state index is 13.0. The van der Waals surface area contributed by atoms with Crippen molar-refractivity contribution < 1.29 is 19.1 Å². The normalized spacial score (nSPS) is 11.4. The fraction of sp³-hybridized carbons (Fsp3) is 0.250. The minimum absolute atomic E-state index is 0.212. The molecule has 0 radical (unpaired) electrons. The summed E-state index contributed by atoms with van der Waals surface area (Å²) in [4.78, 5) is 45.0. The lowest BCUT2D eigenvalue weighted by molar-refractivity contribution is 0.0942. The highest BCUT2D eigenvalue weighted by Gasteiger charge is 2.17. The van der Waals surface area contributed by atoms with Crippen molar-refractivity contribution in [2.75, 3.05) is 44.9 Å². The molecular weight excluding hydrogens is 560 g/mol. The first-order chi connectivity index (χ1) is 21.0. The molecule has 2 heterocycles. The standard InChI is InChI=1S/C32H38N8O4/c1-38(2)15-7-14-34-31(42)27-17-25(20-39(27)3)37-32(43)28-18-24(19-40(28)4)36-30(41)21-10-12-23(13-11-21)35-29(33)22-8-6-9-26(16-22)44-5/h6,8-13,16-20H,7,14-15H2,1-5H3,(H2,33,35)(H,34,42)(H,36,41)(H,37,43). The van der Waals surface area contributed by atoms with E-state index in [-0.39, 0.29) is 17.7 Å². The van der Waals surface area contributed by atoms with E-state index in [9.17, 15) is 14.4 Å². The first-order valence-corrected chi connectivity index (χ1v) is 14.0. The molecule has 0 fully saturated rings. The lowest BCUT2D eigenvalue weighted by Gasteiger charge is -2.10. The molecule has 5 N–H and O–H groups in total. The van der Waals surface area contributed by atoms with Crippen LogP contribution in [0.2, 0.25) is 0 Å². The van der Waals surface area contributed by atoms with Gasteiger partial charge in [-0.3, -0.25) is 14.4 Å². The van der Waals surface area contributed by atoms with E-state index in [0.29, 0.717) is 52.1 Å². The largest absolute Gasteiger partial charge is 0.497 e. The molecule has 0 atom stereocenters. The molecule has 44 heavy (non-hydrogen) atoms. The van der Waals surface area contributed by atoms with Crippen LogP contribution in [0.25, 0.3) is 0 Å². The Balaban J connectivity index is 1.36. The lowest BCUT2D eigenvalue weighted by atomic mass is 10.1. The van der Waals surface area contributed by atoms with Crippen molar-refractivity contribution in [3.8, 4) is 5.75 Å². The number of carbonyl (C=O) groups excluding carboxylic acids is 3. The summed E-state index contributed by atoms with van der Waals surface area (Å²) in [5.41, 5.74) is 9.58. The van der Waals surface area contributed by atoms with E-state index in [1.807, 2.05) is 32.3 Å². The Kier molecular flexibility index (Phi) is 10.2. The van der Waals surface area contributed by atoms with Crippen molar-refractivity contribution in [1.29, 1.82) is 0 Å². The van der Waals surface area contributed by atoms with Gasteiger partial charge in [-0.05, 0) is 75.6 Å². The molecule has 0 unspecified atom stereocenters. The van der Waals surface area contributed by atoms with Crippen LogP contribution >= 0.6 is 0 Å². The molecule has 2 aromatic heterocycles. The van der Waals surface area contributed by atoms with E-state index >= 15 is 0 Å². The predicted molar refractivity (Wildman–Crippen MR) is 172 cm³/mol. The number of aryl methyl sites for hydroxylation is 2. The number of amidine groups is 1. The third-order valence-corrected chi connectivity index (χ3v) is 6.80. The molecule has 4 aromatic rings. The van der Waals surface area contributed by atoms with E-state index < -0.39 is 0 Å². The van der Waals surface area contributed by atoms with Crippen LogP contribution in [0, 0.1) is 0 Å². The Morgan fingerprint density at radius 1 is 0.841 bits per heavy atom. The fourth-order valence-electron chi connectivity index (χ4n) is 4.48. The summed E-state index contributed by atoms with van der Waals surface area (Å²) in [5, 5.41) is 8.55. The summed E-state index contributed by atoms with van der Waals surface area (Å²) >= 11 is 0. The molecule has 0 spiro atoms. The molecule has 12 heteroatoms. The van der Waals surface area contributed by atoms with Crippen molar-refractivity contribution >= 4 is 40.6 Å². The van der Waals surface area contributed by atoms with Gasteiger partial charge >= 0.3 is 0 Å². The number of hydrogen-bond acceptors (Lipinski definition) is 6. The average molecular weight is 599 g/mol. The van der Waals surface area contributed by atoms with Crippen molar-refractivity contribution in [1.82, 2.24) is 19.4 Å².